The van der Waals surface area contributed by atoms with Crippen LogP contribution in [0.3, 0.4) is 0 Å². The number of carbonyl (C=O) groups excluding carboxylic acids is 1. The quantitative estimate of drug-likeness (QED) is 0.858. The highest BCUT2D eigenvalue weighted by atomic mass is 16.1. The number of amides is 1. The third-order valence-corrected chi connectivity index (χ3v) is 3.20. The lowest BCUT2D eigenvalue weighted by Gasteiger charge is -2.10. The number of benzene rings is 1. The Hall–Kier alpha value is -2.43. The summed E-state index contributed by atoms with van der Waals surface area (Å²) < 4.78 is 0. The summed E-state index contributed by atoms with van der Waals surface area (Å²) in [5.41, 5.74) is 2.28. The van der Waals surface area contributed by atoms with Crippen molar-refractivity contribution in [1.82, 2.24) is 9.97 Å². The maximum Gasteiger partial charge on any atom is 0.274 e. The Labute approximate surface area is 131 Å². The van der Waals surface area contributed by atoms with Crippen molar-refractivity contribution < 1.29 is 4.79 Å². The third-order valence-electron chi connectivity index (χ3n) is 3.20. The van der Waals surface area contributed by atoms with Gasteiger partial charge in [0.05, 0.1) is 0 Å². The zero-order valence-corrected chi connectivity index (χ0v) is 13.3. The summed E-state index contributed by atoms with van der Waals surface area (Å²) >= 11 is 0. The van der Waals surface area contributed by atoms with Gasteiger partial charge in [0, 0.05) is 18.4 Å². The highest BCUT2D eigenvalue weighted by Crippen LogP contribution is 2.16. The topological polar surface area (TPSA) is 66.9 Å². The van der Waals surface area contributed by atoms with Crippen LogP contribution in [0.2, 0.25) is 0 Å². The van der Waals surface area contributed by atoms with Crippen LogP contribution in [0.5, 0.6) is 0 Å². The van der Waals surface area contributed by atoms with E-state index in [1.54, 1.807) is 12.3 Å². The molecular formula is C17H22N4O. The van der Waals surface area contributed by atoms with Crippen molar-refractivity contribution in [2.45, 2.75) is 27.2 Å². The first-order valence-corrected chi connectivity index (χ1v) is 7.56. The molecule has 1 aromatic carbocycles. The van der Waals surface area contributed by atoms with Crippen molar-refractivity contribution in [1.29, 1.82) is 0 Å². The van der Waals surface area contributed by atoms with Gasteiger partial charge in [0.15, 0.2) is 0 Å². The van der Waals surface area contributed by atoms with E-state index in [2.05, 4.69) is 41.4 Å². The van der Waals surface area contributed by atoms with E-state index in [-0.39, 0.29) is 5.91 Å². The molecule has 0 saturated heterocycles. The Morgan fingerprint density at radius 2 is 2.00 bits per heavy atom. The lowest BCUT2D eigenvalue weighted by molar-refractivity contribution is 0.102. The van der Waals surface area contributed by atoms with Gasteiger partial charge in [-0.05, 0) is 30.0 Å². The minimum atomic E-state index is -0.226. The first kappa shape index (κ1) is 15.9. The zero-order chi connectivity index (χ0) is 15.9. The van der Waals surface area contributed by atoms with Crippen molar-refractivity contribution in [3.8, 4) is 0 Å². The number of para-hydroxylation sites is 1. The predicted octanol–water partition coefficient (Wildman–Crippen LogP) is 3.36. The minimum absolute atomic E-state index is 0.226. The fraction of sp³-hybridized carbons (Fsp3) is 0.353. The van der Waals surface area contributed by atoms with E-state index in [1.165, 1.54) is 0 Å². The Bertz CT molecular complexity index is 640. The molecule has 0 radical (unpaired) electrons. The molecule has 1 aromatic heterocycles. The van der Waals surface area contributed by atoms with Gasteiger partial charge < -0.3 is 10.6 Å². The van der Waals surface area contributed by atoms with Crippen molar-refractivity contribution in [3.05, 3.63) is 47.8 Å². The Kier molecular flexibility index (Phi) is 5.47. The van der Waals surface area contributed by atoms with E-state index in [1.807, 2.05) is 24.3 Å². The summed E-state index contributed by atoms with van der Waals surface area (Å²) in [5, 5.41) is 6.04. The monoisotopic (exact) mass is 298 g/mol. The summed E-state index contributed by atoms with van der Waals surface area (Å²) in [6, 6.07) is 9.39. The molecule has 0 bridgehead atoms. The number of aromatic nitrogens is 2. The molecule has 0 aliphatic carbocycles. The third kappa shape index (κ3) is 4.28. The normalized spacial score (nSPS) is 10.5. The molecule has 0 unspecified atom stereocenters. The molecule has 0 aliphatic rings. The Morgan fingerprint density at radius 3 is 2.73 bits per heavy atom. The number of anilines is 2. The van der Waals surface area contributed by atoms with Crippen LogP contribution < -0.4 is 10.6 Å². The zero-order valence-electron chi connectivity index (χ0n) is 13.3. The maximum atomic E-state index is 12.3. The molecule has 1 amide bonds. The fourth-order valence-corrected chi connectivity index (χ4v) is 2.00. The summed E-state index contributed by atoms with van der Waals surface area (Å²) in [5.74, 6) is 0.735. The van der Waals surface area contributed by atoms with Gasteiger partial charge >= 0.3 is 0 Å². The van der Waals surface area contributed by atoms with Crippen LogP contribution in [0.25, 0.3) is 0 Å². The first-order chi connectivity index (χ1) is 10.6. The van der Waals surface area contributed by atoms with Gasteiger partial charge in [-0.3, -0.25) is 4.79 Å². The van der Waals surface area contributed by atoms with E-state index in [9.17, 15) is 4.79 Å². The molecule has 0 atom stereocenters. The SMILES string of the molecule is CCc1ccccc1NC(=O)c1ccnc(NCC(C)C)n1. The Morgan fingerprint density at radius 1 is 1.23 bits per heavy atom. The number of rotatable bonds is 6. The van der Waals surface area contributed by atoms with Crippen LogP contribution in [0.4, 0.5) is 11.6 Å². The van der Waals surface area contributed by atoms with Gasteiger partial charge in [0.25, 0.3) is 5.91 Å². The Balaban J connectivity index is 2.11. The highest BCUT2D eigenvalue weighted by Gasteiger charge is 2.11. The molecule has 5 heteroatoms. The number of nitrogens with one attached hydrogen (secondary N) is 2. The van der Waals surface area contributed by atoms with Gasteiger partial charge in [-0.15, -0.1) is 0 Å². The lowest BCUT2D eigenvalue weighted by atomic mass is 10.1. The van der Waals surface area contributed by atoms with E-state index in [4.69, 9.17) is 0 Å². The molecule has 2 rings (SSSR count). The van der Waals surface area contributed by atoms with Crippen LogP contribution in [-0.2, 0) is 6.42 Å². The van der Waals surface area contributed by atoms with E-state index < -0.39 is 0 Å². The van der Waals surface area contributed by atoms with Crippen LogP contribution in [0.1, 0.15) is 36.8 Å². The van der Waals surface area contributed by atoms with Crippen LogP contribution in [0, 0.1) is 5.92 Å². The van der Waals surface area contributed by atoms with Crippen molar-refractivity contribution in [2.75, 3.05) is 17.2 Å². The van der Waals surface area contributed by atoms with Gasteiger partial charge in [-0.2, -0.15) is 0 Å². The van der Waals surface area contributed by atoms with E-state index in [0.29, 0.717) is 17.6 Å². The average molecular weight is 298 g/mol. The second kappa shape index (κ2) is 7.54. The van der Waals surface area contributed by atoms with Crippen molar-refractivity contribution >= 4 is 17.5 Å². The summed E-state index contributed by atoms with van der Waals surface area (Å²) in [4.78, 5) is 20.7. The largest absolute Gasteiger partial charge is 0.354 e. The van der Waals surface area contributed by atoms with E-state index in [0.717, 1.165) is 24.2 Å². The molecule has 0 aliphatic heterocycles. The van der Waals surface area contributed by atoms with Crippen LogP contribution in [0.15, 0.2) is 36.5 Å². The molecule has 0 fully saturated rings. The second-order valence-electron chi connectivity index (χ2n) is 5.51. The fourth-order valence-electron chi connectivity index (χ4n) is 2.00. The molecule has 116 valence electrons. The summed E-state index contributed by atoms with van der Waals surface area (Å²) in [6.45, 7) is 7.03. The average Bonchev–Trinajstić information content (AvgIpc) is 2.53. The molecule has 22 heavy (non-hydrogen) atoms. The predicted molar refractivity (Wildman–Crippen MR) is 89.1 cm³/mol. The van der Waals surface area contributed by atoms with Crippen LogP contribution in [-0.4, -0.2) is 22.4 Å². The number of hydrogen-bond acceptors (Lipinski definition) is 4. The van der Waals surface area contributed by atoms with Crippen molar-refractivity contribution in [3.63, 3.8) is 0 Å². The summed E-state index contributed by atoms with van der Waals surface area (Å²) in [6.07, 6.45) is 2.46. The van der Waals surface area contributed by atoms with Gasteiger partial charge in [0.1, 0.15) is 5.69 Å². The molecule has 2 N–H and O–H groups in total. The number of aryl methyl sites for hydroxylation is 1. The van der Waals surface area contributed by atoms with Gasteiger partial charge in [-0.1, -0.05) is 39.0 Å². The highest BCUT2D eigenvalue weighted by molar-refractivity contribution is 6.03. The molecule has 0 spiro atoms. The number of carbonyl (C=O) groups is 1. The maximum absolute atomic E-state index is 12.3. The molecular weight excluding hydrogens is 276 g/mol. The number of nitrogens with zero attached hydrogens (tertiary/aromatic N) is 2. The first-order valence-electron chi connectivity index (χ1n) is 7.56. The van der Waals surface area contributed by atoms with E-state index >= 15 is 0 Å². The molecule has 0 saturated carbocycles. The minimum Gasteiger partial charge on any atom is -0.354 e. The molecule has 1 heterocycles. The molecule has 2 aromatic rings. The summed E-state index contributed by atoms with van der Waals surface area (Å²) in [7, 11) is 0. The molecule has 5 nitrogen and oxygen atoms in total. The van der Waals surface area contributed by atoms with Crippen LogP contribution >= 0.6 is 0 Å². The smallest absolute Gasteiger partial charge is 0.274 e. The lowest BCUT2D eigenvalue weighted by Crippen LogP contribution is -2.17. The number of hydrogen-bond donors (Lipinski definition) is 2. The van der Waals surface area contributed by atoms with Crippen molar-refractivity contribution in [2.24, 2.45) is 5.92 Å². The second-order valence-corrected chi connectivity index (χ2v) is 5.51. The van der Waals surface area contributed by atoms with Gasteiger partial charge in [0.2, 0.25) is 5.95 Å². The standard InChI is InChI=1S/C17H22N4O/c1-4-13-7-5-6-8-14(13)20-16(22)15-9-10-18-17(21-15)19-11-12(2)3/h5-10,12H,4,11H2,1-3H3,(H,20,22)(H,18,19,21). The van der Waals surface area contributed by atoms with Gasteiger partial charge in [-0.25, -0.2) is 9.97 Å².